The average molecular weight is 412 g/mol. The van der Waals surface area contributed by atoms with E-state index in [1.165, 1.54) is 4.90 Å². The normalized spacial score (nSPS) is 16.8. The lowest BCUT2D eigenvalue weighted by molar-refractivity contribution is -0.129. The van der Waals surface area contributed by atoms with Crippen molar-refractivity contribution in [3.05, 3.63) is 64.8 Å². The summed E-state index contributed by atoms with van der Waals surface area (Å²) in [5, 5.41) is 10.6. The molecule has 3 rings (SSSR count). The largest absolute Gasteiger partial charge is 0.503 e. The van der Waals surface area contributed by atoms with Gasteiger partial charge in [-0.05, 0) is 64.7 Å². The van der Waals surface area contributed by atoms with Gasteiger partial charge in [-0.15, -0.1) is 0 Å². The molecule has 160 valence electrons. The number of ether oxygens (including phenoxy) is 1. The van der Waals surface area contributed by atoms with Gasteiger partial charge in [0.05, 0.1) is 17.7 Å². The van der Waals surface area contributed by atoms with E-state index < -0.39 is 23.5 Å². The van der Waals surface area contributed by atoms with Crippen LogP contribution in [0.1, 0.15) is 41.8 Å². The first-order valence-corrected chi connectivity index (χ1v) is 9.95. The summed E-state index contributed by atoms with van der Waals surface area (Å²) in [4.78, 5) is 29.5. The van der Waals surface area contributed by atoms with E-state index >= 15 is 0 Å². The van der Waals surface area contributed by atoms with Gasteiger partial charge in [0, 0.05) is 13.1 Å². The topological polar surface area (TPSA) is 83.2 Å². The van der Waals surface area contributed by atoms with Crippen molar-refractivity contribution >= 4 is 11.7 Å². The predicted octanol–water partition coefficient (Wildman–Crippen LogP) is 3.52. The van der Waals surface area contributed by atoms with Crippen molar-refractivity contribution < 1.29 is 23.8 Å². The van der Waals surface area contributed by atoms with Crippen molar-refractivity contribution in [2.75, 3.05) is 27.2 Å². The highest BCUT2D eigenvalue weighted by molar-refractivity contribution is 6.15. The molecule has 0 saturated heterocycles. The van der Waals surface area contributed by atoms with Crippen LogP contribution in [-0.4, -0.2) is 59.9 Å². The maximum absolute atomic E-state index is 13.2. The number of aliphatic hydroxyl groups is 1. The fourth-order valence-electron chi connectivity index (χ4n) is 3.46. The lowest BCUT2D eigenvalue weighted by atomic mass is 9.95. The van der Waals surface area contributed by atoms with E-state index in [1.807, 2.05) is 45.0 Å². The molecule has 7 nitrogen and oxygen atoms in total. The Morgan fingerprint density at radius 1 is 1.20 bits per heavy atom. The number of aryl methyl sites for hydroxylation is 1. The number of carbonyl (C=O) groups is 2. The molecule has 7 heteroatoms. The van der Waals surface area contributed by atoms with Crippen LogP contribution >= 0.6 is 0 Å². The summed E-state index contributed by atoms with van der Waals surface area (Å²) in [6.07, 6.45) is 0.0313. The predicted molar refractivity (Wildman–Crippen MR) is 113 cm³/mol. The minimum Gasteiger partial charge on any atom is -0.503 e. The summed E-state index contributed by atoms with van der Waals surface area (Å²) in [5.41, 5.74) is 0.750. The molecule has 0 saturated carbocycles. The second-order valence-electron chi connectivity index (χ2n) is 7.94. The van der Waals surface area contributed by atoms with Crippen LogP contribution in [0.15, 0.2) is 52.1 Å². The number of hydrogen-bond acceptors (Lipinski definition) is 6. The molecule has 1 amide bonds. The number of amides is 1. The van der Waals surface area contributed by atoms with Crippen LogP contribution in [0.2, 0.25) is 0 Å². The summed E-state index contributed by atoms with van der Waals surface area (Å²) < 4.78 is 11.2. The Morgan fingerprint density at radius 3 is 2.40 bits per heavy atom. The fraction of sp³-hybridized carbons (Fsp3) is 0.391. The minimum absolute atomic E-state index is 0.0313. The van der Waals surface area contributed by atoms with E-state index in [0.29, 0.717) is 30.2 Å². The molecule has 1 aromatic carbocycles. The smallest absolute Gasteiger partial charge is 0.290 e. The number of likely N-dealkylation sites (N-methyl/N-ethyl adjacent to an activating group) is 1. The zero-order chi connectivity index (χ0) is 22.0. The number of furan rings is 1. The van der Waals surface area contributed by atoms with Crippen molar-refractivity contribution in [3.8, 4) is 5.75 Å². The van der Waals surface area contributed by atoms with E-state index in [4.69, 9.17) is 9.15 Å². The Balaban J connectivity index is 2.01. The molecule has 2 heterocycles. The first-order valence-electron chi connectivity index (χ1n) is 9.95. The number of ketones is 1. The molecular weight excluding hydrogens is 384 g/mol. The molecule has 1 N–H and O–H groups in total. The first kappa shape index (κ1) is 21.6. The summed E-state index contributed by atoms with van der Waals surface area (Å²) in [7, 11) is 3.80. The van der Waals surface area contributed by atoms with E-state index in [2.05, 4.69) is 0 Å². The Hall–Kier alpha value is -3.06. The quantitative estimate of drug-likeness (QED) is 0.668. The van der Waals surface area contributed by atoms with Crippen LogP contribution in [-0.2, 0) is 4.79 Å². The van der Waals surface area contributed by atoms with E-state index in [1.54, 1.807) is 31.2 Å². The van der Waals surface area contributed by atoms with Crippen molar-refractivity contribution in [1.29, 1.82) is 0 Å². The van der Waals surface area contributed by atoms with Crippen LogP contribution in [0.4, 0.5) is 0 Å². The lowest BCUT2D eigenvalue weighted by Gasteiger charge is -2.28. The van der Waals surface area contributed by atoms with Crippen molar-refractivity contribution in [2.45, 2.75) is 32.9 Å². The number of rotatable bonds is 8. The van der Waals surface area contributed by atoms with Crippen molar-refractivity contribution in [3.63, 3.8) is 0 Å². The van der Waals surface area contributed by atoms with Crippen LogP contribution in [0, 0.1) is 6.92 Å². The zero-order valence-corrected chi connectivity index (χ0v) is 18.0. The highest BCUT2D eigenvalue weighted by atomic mass is 16.5. The van der Waals surface area contributed by atoms with Gasteiger partial charge in [0.1, 0.15) is 11.5 Å². The minimum atomic E-state index is -0.705. The molecule has 1 aromatic heterocycles. The SMILES string of the molecule is Cc1ccc(C(=O)C2=C(O)C(=O)N(CCN(C)C)[C@@H]2c2ccc(OC(C)C)cc2)o1. The third-order valence-electron chi connectivity index (χ3n) is 4.87. The van der Waals surface area contributed by atoms with Gasteiger partial charge in [0.2, 0.25) is 5.78 Å². The van der Waals surface area contributed by atoms with Gasteiger partial charge < -0.3 is 24.1 Å². The van der Waals surface area contributed by atoms with Gasteiger partial charge >= 0.3 is 0 Å². The van der Waals surface area contributed by atoms with Crippen LogP contribution in [0.25, 0.3) is 0 Å². The van der Waals surface area contributed by atoms with Gasteiger partial charge in [0.15, 0.2) is 11.5 Å². The lowest BCUT2D eigenvalue weighted by Crippen LogP contribution is -2.36. The number of Topliss-reactive ketones (excluding diaryl/α,β-unsaturated/α-hetero) is 1. The van der Waals surface area contributed by atoms with Crippen LogP contribution < -0.4 is 4.74 Å². The number of nitrogens with zero attached hydrogens (tertiary/aromatic N) is 2. The second kappa shape index (κ2) is 8.75. The molecule has 1 atom stereocenters. The zero-order valence-electron chi connectivity index (χ0n) is 18.0. The third kappa shape index (κ3) is 4.41. The molecule has 0 spiro atoms. The monoisotopic (exact) mass is 412 g/mol. The Morgan fingerprint density at radius 2 is 1.87 bits per heavy atom. The highest BCUT2D eigenvalue weighted by Gasteiger charge is 2.44. The highest BCUT2D eigenvalue weighted by Crippen LogP contribution is 2.39. The fourth-order valence-corrected chi connectivity index (χ4v) is 3.46. The number of benzene rings is 1. The molecule has 0 aliphatic carbocycles. The van der Waals surface area contributed by atoms with Gasteiger partial charge in [-0.1, -0.05) is 12.1 Å². The standard InChI is InChI=1S/C23H28N2O5/c1-14(2)29-17-9-7-16(8-10-17)20-19(21(26)18-11-6-15(3)30-18)22(27)23(28)25(20)13-12-24(4)5/h6-11,14,20,27H,12-13H2,1-5H3/t20-/m1/s1. The van der Waals surface area contributed by atoms with Gasteiger partial charge in [-0.25, -0.2) is 0 Å². The Kier molecular flexibility index (Phi) is 6.31. The summed E-state index contributed by atoms with van der Waals surface area (Å²) in [6.45, 7) is 6.56. The molecule has 0 bridgehead atoms. The summed E-state index contributed by atoms with van der Waals surface area (Å²) in [5.74, 6) is -0.203. The van der Waals surface area contributed by atoms with Crippen LogP contribution in [0.5, 0.6) is 5.75 Å². The Labute approximate surface area is 176 Å². The Bertz CT molecular complexity index is 956. The van der Waals surface area contributed by atoms with Crippen molar-refractivity contribution in [2.24, 2.45) is 0 Å². The second-order valence-corrected chi connectivity index (χ2v) is 7.94. The third-order valence-corrected chi connectivity index (χ3v) is 4.87. The molecule has 0 radical (unpaired) electrons. The van der Waals surface area contributed by atoms with Gasteiger partial charge in [0.25, 0.3) is 5.91 Å². The molecule has 0 fully saturated rings. The maximum Gasteiger partial charge on any atom is 0.290 e. The molecule has 2 aromatic rings. The van der Waals surface area contributed by atoms with E-state index in [9.17, 15) is 14.7 Å². The molecule has 30 heavy (non-hydrogen) atoms. The summed E-state index contributed by atoms with van der Waals surface area (Å²) >= 11 is 0. The van der Waals surface area contributed by atoms with E-state index in [0.717, 1.165) is 0 Å². The molecule has 1 aliphatic rings. The molecular formula is C23H28N2O5. The first-order chi connectivity index (χ1) is 14.2. The number of carbonyl (C=O) groups excluding carboxylic acids is 2. The molecule has 1 aliphatic heterocycles. The van der Waals surface area contributed by atoms with E-state index in [-0.39, 0.29) is 17.4 Å². The summed E-state index contributed by atoms with van der Waals surface area (Å²) in [6, 6.07) is 9.77. The van der Waals surface area contributed by atoms with Gasteiger partial charge in [-0.2, -0.15) is 0 Å². The number of aliphatic hydroxyl groups excluding tert-OH is 1. The van der Waals surface area contributed by atoms with Crippen molar-refractivity contribution in [1.82, 2.24) is 9.80 Å². The number of hydrogen-bond donors (Lipinski definition) is 1. The maximum atomic E-state index is 13.2. The molecule has 0 unspecified atom stereocenters. The average Bonchev–Trinajstić information content (AvgIpc) is 3.22. The van der Waals surface area contributed by atoms with Crippen LogP contribution in [0.3, 0.4) is 0 Å². The van der Waals surface area contributed by atoms with Gasteiger partial charge in [-0.3, -0.25) is 9.59 Å².